The third kappa shape index (κ3) is 5.16. The van der Waals surface area contributed by atoms with Crippen LogP contribution in [-0.2, 0) is 0 Å². The highest BCUT2D eigenvalue weighted by Gasteiger charge is 2.03. The quantitative estimate of drug-likeness (QED) is 0.787. The summed E-state index contributed by atoms with van der Waals surface area (Å²) in [5.41, 5.74) is 1.65. The zero-order chi connectivity index (χ0) is 12.5. The van der Waals surface area contributed by atoms with Gasteiger partial charge in [-0.05, 0) is 24.3 Å². The lowest BCUT2D eigenvalue weighted by Crippen LogP contribution is -2.16. The molecule has 0 fully saturated rings. The standard InChI is InChI=1S/C12H12N2.C3H8/c13-10-6-8-12(9-7-10)14-11-4-2-1-3-5-11;1-3-2/h1-9,12-14H;3H2,1-2H3. The minimum Gasteiger partial charge on any atom is -0.375 e. The molecular weight excluding hydrogens is 208 g/mol. The first kappa shape index (κ1) is 13.2. The van der Waals surface area contributed by atoms with Crippen LogP contribution >= 0.6 is 0 Å². The minimum absolute atomic E-state index is 0.200. The van der Waals surface area contributed by atoms with E-state index in [2.05, 4.69) is 19.2 Å². The summed E-state index contributed by atoms with van der Waals surface area (Å²) in [6.07, 6.45) is 8.83. The van der Waals surface area contributed by atoms with Gasteiger partial charge in [0.2, 0.25) is 0 Å². The maximum absolute atomic E-state index is 7.36. The van der Waals surface area contributed by atoms with Crippen molar-refractivity contribution in [3.63, 3.8) is 0 Å². The summed E-state index contributed by atoms with van der Waals surface area (Å²) in [7, 11) is 0. The van der Waals surface area contributed by atoms with Crippen LogP contribution in [0.3, 0.4) is 0 Å². The van der Waals surface area contributed by atoms with Gasteiger partial charge in [-0.1, -0.05) is 50.6 Å². The molecule has 1 aromatic rings. The fraction of sp³-hybridized carbons (Fsp3) is 0.267. The van der Waals surface area contributed by atoms with Crippen molar-refractivity contribution >= 4 is 11.4 Å². The summed E-state index contributed by atoms with van der Waals surface area (Å²) in [5.74, 6) is 0. The van der Waals surface area contributed by atoms with Crippen molar-refractivity contribution < 1.29 is 0 Å². The third-order valence-electron chi connectivity index (χ3n) is 2.07. The summed E-state index contributed by atoms with van der Waals surface area (Å²) in [4.78, 5) is 0. The Morgan fingerprint density at radius 3 is 2.12 bits per heavy atom. The summed E-state index contributed by atoms with van der Waals surface area (Å²) in [6, 6.07) is 10.3. The lowest BCUT2D eigenvalue weighted by Gasteiger charge is -2.14. The lowest BCUT2D eigenvalue weighted by molar-refractivity contribution is 1.09. The van der Waals surface area contributed by atoms with Crippen LogP contribution in [0.5, 0.6) is 0 Å². The first-order valence-corrected chi connectivity index (χ1v) is 6.02. The molecule has 0 atom stereocenters. The second kappa shape index (κ2) is 7.44. The molecule has 0 aliphatic heterocycles. The predicted octanol–water partition coefficient (Wildman–Crippen LogP) is 4.03. The molecule has 0 saturated heterocycles. The van der Waals surface area contributed by atoms with Crippen molar-refractivity contribution in [2.45, 2.75) is 26.3 Å². The summed E-state index contributed by atoms with van der Waals surface area (Å²) < 4.78 is 0. The van der Waals surface area contributed by atoms with Gasteiger partial charge in [-0.2, -0.15) is 0 Å². The van der Waals surface area contributed by atoms with E-state index < -0.39 is 0 Å². The Bertz CT molecular complexity index is 375. The van der Waals surface area contributed by atoms with Crippen LogP contribution in [0, 0.1) is 5.41 Å². The molecule has 2 nitrogen and oxygen atoms in total. The highest BCUT2D eigenvalue weighted by molar-refractivity contribution is 6.02. The number of rotatable bonds is 2. The number of hydrogen-bond acceptors (Lipinski definition) is 2. The first-order valence-electron chi connectivity index (χ1n) is 6.02. The summed E-state index contributed by atoms with van der Waals surface area (Å²) >= 11 is 0. The topological polar surface area (TPSA) is 35.9 Å². The van der Waals surface area contributed by atoms with Crippen LogP contribution in [0.4, 0.5) is 5.69 Å². The van der Waals surface area contributed by atoms with Crippen molar-refractivity contribution in [1.82, 2.24) is 0 Å². The van der Waals surface area contributed by atoms with Gasteiger partial charge < -0.3 is 10.7 Å². The van der Waals surface area contributed by atoms with E-state index in [0.717, 1.165) is 5.69 Å². The van der Waals surface area contributed by atoms with Crippen molar-refractivity contribution in [3.05, 3.63) is 54.6 Å². The van der Waals surface area contributed by atoms with Crippen LogP contribution in [0.1, 0.15) is 20.3 Å². The third-order valence-corrected chi connectivity index (χ3v) is 2.07. The molecule has 2 rings (SSSR count). The Morgan fingerprint density at radius 2 is 1.59 bits per heavy atom. The van der Waals surface area contributed by atoms with E-state index in [0.29, 0.717) is 5.71 Å². The molecule has 1 aliphatic rings. The van der Waals surface area contributed by atoms with Crippen LogP contribution in [0.2, 0.25) is 0 Å². The Labute approximate surface area is 104 Å². The Balaban J connectivity index is 0.000000437. The number of anilines is 1. The molecule has 0 heterocycles. The fourth-order valence-corrected chi connectivity index (χ4v) is 1.36. The van der Waals surface area contributed by atoms with E-state index in [1.807, 2.05) is 42.5 Å². The Kier molecular flexibility index (Phi) is 5.80. The van der Waals surface area contributed by atoms with E-state index in [1.54, 1.807) is 12.2 Å². The SMILES string of the molecule is CCC.N=C1C=CC(Nc2ccccc2)C=C1. The first-order chi connectivity index (χ1) is 8.26. The maximum atomic E-state index is 7.36. The monoisotopic (exact) mass is 228 g/mol. The molecule has 0 spiro atoms. The van der Waals surface area contributed by atoms with Crippen molar-refractivity contribution in [2.75, 3.05) is 5.32 Å². The lowest BCUT2D eigenvalue weighted by atomic mass is 10.1. The molecule has 0 unspecified atom stereocenters. The zero-order valence-corrected chi connectivity index (χ0v) is 10.5. The number of benzene rings is 1. The average Bonchev–Trinajstić information content (AvgIpc) is 2.35. The normalized spacial score (nSPS) is 17.3. The molecule has 0 aromatic heterocycles. The highest BCUT2D eigenvalue weighted by Crippen LogP contribution is 2.10. The van der Waals surface area contributed by atoms with E-state index >= 15 is 0 Å². The maximum Gasteiger partial charge on any atom is 0.0636 e. The largest absolute Gasteiger partial charge is 0.375 e. The van der Waals surface area contributed by atoms with E-state index in [9.17, 15) is 0 Å². The number of hydrogen-bond donors (Lipinski definition) is 2. The molecule has 1 aliphatic carbocycles. The van der Waals surface area contributed by atoms with Crippen molar-refractivity contribution in [3.8, 4) is 0 Å². The predicted molar refractivity (Wildman–Crippen MR) is 75.8 cm³/mol. The minimum atomic E-state index is 0.200. The number of allylic oxidation sites excluding steroid dienone is 2. The van der Waals surface area contributed by atoms with Crippen LogP contribution < -0.4 is 5.32 Å². The van der Waals surface area contributed by atoms with Crippen molar-refractivity contribution in [2.24, 2.45) is 0 Å². The van der Waals surface area contributed by atoms with Gasteiger partial charge in [-0.15, -0.1) is 0 Å². The van der Waals surface area contributed by atoms with Gasteiger partial charge in [0.25, 0.3) is 0 Å². The summed E-state index contributed by atoms with van der Waals surface area (Å²) in [5, 5.41) is 10.7. The second-order valence-corrected chi connectivity index (χ2v) is 3.92. The molecular formula is C15H20N2. The average molecular weight is 228 g/mol. The second-order valence-electron chi connectivity index (χ2n) is 3.92. The smallest absolute Gasteiger partial charge is 0.0636 e. The molecule has 17 heavy (non-hydrogen) atoms. The molecule has 0 radical (unpaired) electrons. The fourth-order valence-electron chi connectivity index (χ4n) is 1.36. The molecule has 2 heteroatoms. The van der Waals surface area contributed by atoms with Crippen molar-refractivity contribution in [1.29, 1.82) is 5.41 Å². The summed E-state index contributed by atoms with van der Waals surface area (Å²) in [6.45, 7) is 4.25. The van der Waals surface area contributed by atoms with Crippen LogP contribution in [0.15, 0.2) is 54.6 Å². The van der Waals surface area contributed by atoms with Gasteiger partial charge in [0.15, 0.2) is 0 Å². The van der Waals surface area contributed by atoms with Gasteiger partial charge in [0.1, 0.15) is 0 Å². The highest BCUT2D eigenvalue weighted by atomic mass is 14.9. The van der Waals surface area contributed by atoms with E-state index in [1.165, 1.54) is 6.42 Å². The molecule has 1 aromatic carbocycles. The Morgan fingerprint density at radius 1 is 1.06 bits per heavy atom. The van der Waals surface area contributed by atoms with Gasteiger partial charge in [0.05, 0.1) is 11.8 Å². The zero-order valence-electron chi connectivity index (χ0n) is 10.5. The Hall–Kier alpha value is -1.83. The van der Waals surface area contributed by atoms with Gasteiger partial charge >= 0.3 is 0 Å². The van der Waals surface area contributed by atoms with E-state index in [-0.39, 0.29) is 6.04 Å². The number of para-hydroxylation sites is 1. The van der Waals surface area contributed by atoms with Crippen LogP contribution in [0.25, 0.3) is 0 Å². The molecule has 0 bridgehead atoms. The molecule has 2 N–H and O–H groups in total. The molecule has 90 valence electrons. The van der Waals surface area contributed by atoms with Gasteiger partial charge in [0, 0.05) is 5.69 Å². The number of nitrogens with one attached hydrogen (secondary N) is 2. The van der Waals surface area contributed by atoms with Gasteiger partial charge in [-0.25, -0.2) is 0 Å². The van der Waals surface area contributed by atoms with Gasteiger partial charge in [-0.3, -0.25) is 0 Å². The molecule has 0 amide bonds. The van der Waals surface area contributed by atoms with E-state index in [4.69, 9.17) is 5.41 Å². The molecule has 0 saturated carbocycles. The van der Waals surface area contributed by atoms with Crippen LogP contribution in [-0.4, -0.2) is 11.8 Å².